The molecule has 1 atom stereocenters. The minimum Gasteiger partial charge on any atom is -0.428 e. The summed E-state index contributed by atoms with van der Waals surface area (Å²) >= 11 is 0. The van der Waals surface area contributed by atoms with E-state index >= 15 is 0 Å². The summed E-state index contributed by atoms with van der Waals surface area (Å²) in [5.74, 6) is -4.74. The van der Waals surface area contributed by atoms with Crippen LogP contribution in [0.15, 0.2) is 47.8 Å². The lowest BCUT2D eigenvalue weighted by molar-refractivity contribution is -0.301. The van der Waals surface area contributed by atoms with Gasteiger partial charge in [0.25, 0.3) is 5.91 Å². The lowest BCUT2D eigenvalue weighted by Crippen LogP contribution is -2.42. The van der Waals surface area contributed by atoms with Gasteiger partial charge >= 0.3 is 12.0 Å². The molecule has 0 spiro atoms. The van der Waals surface area contributed by atoms with Gasteiger partial charge in [-0.3, -0.25) is 9.59 Å². The highest BCUT2D eigenvalue weighted by molar-refractivity contribution is 5.97. The number of rotatable bonds is 8. The van der Waals surface area contributed by atoms with E-state index in [1.165, 1.54) is 18.2 Å². The van der Waals surface area contributed by atoms with Gasteiger partial charge in [-0.1, -0.05) is 18.2 Å². The highest BCUT2D eigenvalue weighted by Crippen LogP contribution is 2.36. The van der Waals surface area contributed by atoms with Crippen LogP contribution in [0.1, 0.15) is 38.3 Å². The van der Waals surface area contributed by atoms with E-state index in [4.69, 9.17) is 0 Å². The van der Waals surface area contributed by atoms with Gasteiger partial charge in [-0.05, 0) is 43.5 Å². The van der Waals surface area contributed by atoms with Gasteiger partial charge in [-0.2, -0.15) is 17.6 Å². The number of ether oxygens (including phenoxy) is 1. The van der Waals surface area contributed by atoms with Crippen LogP contribution >= 0.6 is 0 Å². The van der Waals surface area contributed by atoms with E-state index in [1.807, 2.05) is 0 Å². The van der Waals surface area contributed by atoms with Gasteiger partial charge in [-0.15, -0.1) is 0 Å². The number of carbonyl (C=O) groups excluding carboxylic acids is 2. The Morgan fingerprint density at radius 2 is 1.81 bits per heavy atom. The first kappa shape index (κ1) is 22.6. The maximum Gasteiger partial charge on any atom is 0.463 e. The van der Waals surface area contributed by atoms with Crippen molar-refractivity contribution in [2.45, 2.75) is 44.8 Å². The molecular formula is C21H23F4N3O3. The number of carbonyl (C=O) groups is 2. The number of dihydropyridines is 1. The number of halogens is 4. The van der Waals surface area contributed by atoms with Crippen LogP contribution in [0.25, 0.3) is 0 Å². The number of alkyl halides is 4. The summed E-state index contributed by atoms with van der Waals surface area (Å²) in [6.45, 7) is 2.13. The number of nitrogens with one attached hydrogen (secondary N) is 3. The summed E-state index contributed by atoms with van der Waals surface area (Å²) in [4.78, 5) is 24.4. The third-order valence-electron chi connectivity index (χ3n) is 4.87. The molecule has 1 aliphatic carbocycles. The fourth-order valence-electron chi connectivity index (χ4n) is 2.78. The van der Waals surface area contributed by atoms with Crippen molar-refractivity contribution in [2.24, 2.45) is 5.92 Å². The first-order chi connectivity index (χ1) is 14.5. The molecule has 1 aromatic rings. The average Bonchev–Trinajstić information content (AvgIpc) is 3.53. The summed E-state index contributed by atoms with van der Waals surface area (Å²) < 4.78 is 56.6. The predicted octanol–water partition coefficient (Wildman–Crippen LogP) is 3.39. The van der Waals surface area contributed by atoms with Gasteiger partial charge in [-0.25, -0.2) is 0 Å². The standard InChI is InChI=1S/C21H23F4N3O3/c1-12(13-5-7-16(8-6-13)31-21(24,25)20(2,22)23)27-19(30)15-9-10-26-17(11-15)28-18(29)14-3-4-14/h5-9,11-12,14,26H,3-4,10H2,1-2H3,(H,27,30)(H,28,29). The molecule has 1 aromatic carbocycles. The number of amides is 2. The molecule has 0 aromatic heterocycles. The molecule has 10 heteroatoms. The van der Waals surface area contributed by atoms with Gasteiger partial charge in [0.1, 0.15) is 11.6 Å². The van der Waals surface area contributed by atoms with Crippen LogP contribution in [0.4, 0.5) is 17.6 Å². The van der Waals surface area contributed by atoms with Gasteiger partial charge in [0, 0.05) is 25.0 Å². The van der Waals surface area contributed by atoms with Gasteiger partial charge in [0.15, 0.2) is 0 Å². The fourth-order valence-corrected chi connectivity index (χ4v) is 2.78. The van der Waals surface area contributed by atoms with Gasteiger partial charge < -0.3 is 20.7 Å². The SMILES string of the molecule is CC(NC(=O)C1=CCNC(NC(=O)C2CC2)=C1)c1ccc(OC(F)(F)C(C)(F)F)cc1. The maximum atomic E-state index is 13.3. The quantitative estimate of drug-likeness (QED) is 0.541. The Labute approximate surface area is 176 Å². The second kappa shape index (κ2) is 8.60. The minimum atomic E-state index is -4.64. The normalized spacial score (nSPS) is 17.6. The highest BCUT2D eigenvalue weighted by Gasteiger charge is 2.55. The molecule has 2 aliphatic rings. The Bertz CT molecular complexity index is 903. The Hall–Kier alpha value is -3.04. The molecule has 0 bridgehead atoms. The topological polar surface area (TPSA) is 79.5 Å². The van der Waals surface area contributed by atoms with E-state index < -0.39 is 23.8 Å². The Kier molecular flexibility index (Phi) is 6.28. The molecule has 1 saturated carbocycles. The van der Waals surface area contributed by atoms with Crippen molar-refractivity contribution in [3.8, 4) is 5.75 Å². The van der Waals surface area contributed by atoms with Crippen LogP contribution in [0, 0.1) is 5.92 Å². The lowest BCUT2D eigenvalue weighted by atomic mass is 10.1. The van der Waals surface area contributed by atoms with E-state index in [1.54, 1.807) is 13.0 Å². The largest absolute Gasteiger partial charge is 0.463 e. The van der Waals surface area contributed by atoms with E-state index in [0.29, 0.717) is 23.5 Å². The zero-order chi connectivity index (χ0) is 22.8. The molecule has 1 unspecified atom stereocenters. The zero-order valence-corrected chi connectivity index (χ0v) is 17.0. The van der Waals surface area contributed by atoms with Crippen LogP contribution in [0.5, 0.6) is 5.75 Å². The van der Waals surface area contributed by atoms with E-state index in [9.17, 15) is 27.2 Å². The zero-order valence-electron chi connectivity index (χ0n) is 17.0. The molecule has 6 nitrogen and oxygen atoms in total. The number of benzene rings is 1. The maximum absolute atomic E-state index is 13.3. The van der Waals surface area contributed by atoms with E-state index in [2.05, 4.69) is 20.7 Å². The molecule has 3 rings (SSSR count). The summed E-state index contributed by atoms with van der Waals surface area (Å²) in [6, 6.07) is 4.57. The van der Waals surface area contributed by atoms with Crippen molar-refractivity contribution < 1.29 is 31.9 Å². The number of hydrogen-bond acceptors (Lipinski definition) is 4. The minimum absolute atomic E-state index is 0.0290. The average molecular weight is 441 g/mol. The second-order valence-electron chi connectivity index (χ2n) is 7.63. The molecule has 0 saturated heterocycles. The van der Waals surface area contributed by atoms with Crippen molar-refractivity contribution >= 4 is 11.8 Å². The van der Waals surface area contributed by atoms with Crippen LogP contribution in [0.3, 0.4) is 0 Å². The van der Waals surface area contributed by atoms with E-state index in [0.717, 1.165) is 25.0 Å². The van der Waals surface area contributed by atoms with Crippen molar-refractivity contribution in [2.75, 3.05) is 6.54 Å². The van der Waals surface area contributed by atoms with Crippen LogP contribution < -0.4 is 20.7 Å². The van der Waals surface area contributed by atoms with Crippen molar-refractivity contribution in [1.29, 1.82) is 0 Å². The fraction of sp³-hybridized carbons (Fsp3) is 0.429. The molecule has 168 valence electrons. The summed E-state index contributed by atoms with van der Waals surface area (Å²) in [7, 11) is 0. The van der Waals surface area contributed by atoms with Crippen LogP contribution in [0.2, 0.25) is 0 Å². The molecule has 1 fully saturated rings. The summed E-state index contributed by atoms with van der Waals surface area (Å²) in [6.07, 6.45) is 0.285. The predicted molar refractivity (Wildman–Crippen MR) is 104 cm³/mol. The monoisotopic (exact) mass is 441 g/mol. The molecule has 0 radical (unpaired) electrons. The first-order valence-electron chi connectivity index (χ1n) is 9.78. The first-order valence-corrected chi connectivity index (χ1v) is 9.78. The van der Waals surface area contributed by atoms with Gasteiger partial charge in [0.2, 0.25) is 5.91 Å². The summed E-state index contributed by atoms with van der Waals surface area (Å²) in [5.41, 5.74) is 0.925. The highest BCUT2D eigenvalue weighted by atomic mass is 19.3. The smallest absolute Gasteiger partial charge is 0.428 e. The molecule has 31 heavy (non-hydrogen) atoms. The third-order valence-corrected chi connectivity index (χ3v) is 4.87. The molecule has 1 heterocycles. The Balaban J connectivity index is 1.58. The number of hydrogen-bond donors (Lipinski definition) is 3. The van der Waals surface area contributed by atoms with Crippen molar-refractivity contribution in [3.05, 3.63) is 53.4 Å². The third kappa shape index (κ3) is 5.77. The van der Waals surface area contributed by atoms with Crippen LogP contribution in [-0.2, 0) is 9.59 Å². The Morgan fingerprint density at radius 1 is 1.16 bits per heavy atom. The van der Waals surface area contributed by atoms with Crippen molar-refractivity contribution in [3.63, 3.8) is 0 Å². The van der Waals surface area contributed by atoms with Crippen molar-refractivity contribution in [1.82, 2.24) is 16.0 Å². The van der Waals surface area contributed by atoms with Gasteiger partial charge in [0.05, 0.1) is 6.04 Å². The summed E-state index contributed by atoms with van der Waals surface area (Å²) in [5, 5.41) is 8.50. The second-order valence-corrected chi connectivity index (χ2v) is 7.63. The Morgan fingerprint density at radius 3 is 2.39 bits per heavy atom. The molecule has 2 amide bonds. The van der Waals surface area contributed by atoms with Crippen LogP contribution in [-0.4, -0.2) is 30.4 Å². The molecular weight excluding hydrogens is 418 g/mol. The molecule has 1 aliphatic heterocycles. The lowest BCUT2D eigenvalue weighted by Gasteiger charge is -2.23. The molecule has 3 N–H and O–H groups in total. The van der Waals surface area contributed by atoms with E-state index in [-0.39, 0.29) is 24.7 Å².